The van der Waals surface area contributed by atoms with Gasteiger partial charge in [0.1, 0.15) is 6.10 Å². The van der Waals surface area contributed by atoms with Crippen molar-refractivity contribution in [3.05, 3.63) is 12.2 Å². The first-order valence-corrected chi connectivity index (χ1v) is 36.0. The highest BCUT2D eigenvalue weighted by Crippen LogP contribution is 2.20. The molecule has 0 aliphatic rings. The lowest BCUT2D eigenvalue weighted by Crippen LogP contribution is -2.48. The molecule has 0 saturated carbocycles. The van der Waals surface area contributed by atoms with Crippen LogP contribution in [0.3, 0.4) is 0 Å². The summed E-state index contributed by atoms with van der Waals surface area (Å²) in [5.74, 6) is -0.493. The van der Waals surface area contributed by atoms with Crippen LogP contribution in [0, 0.1) is 0 Å². The van der Waals surface area contributed by atoms with Crippen molar-refractivity contribution < 1.29 is 20.1 Å². The van der Waals surface area contributed by atoms with E-state index in [1.54, 1.807) is 6.08 Å². The summed E-state index contributed by atoms with van der Waals surface area (Å²) in [6, 6.07) is -0.796. The van der Waals surface area contributed by atoms with E-state index in [1.807, 2.05) is 6.08 Å². The number of hydrogen-bond acceptors (Lipinski definition) is 4. The molecule has 3 unspecified atom stereocenters. The molecule has 0 aliphatic heterocycles. The quantitative estimate of drug-likeness (QED) is 0.0361. The molecule has 3 atom stereocenters. The Kier molecular flexibility index (Phi) is 66.8. The van der Waals surface area contributed by atoms with Gasteiger partial charge in [0, 0.05) is 0 Å². The van der Waals surface area contributed by atoms with Crippen LogP contribution in [-0.2, 0) is 4.79 Å². The van der Waals surface area contributed by atoms with Crippen molar-refractivity contribution in [1.29, 1.82) is 0 Å². The lowest BCUT2D eigenvalue weighted by Gasteiger charge is -2.21. The molecule has 5 nitrogen and oxygen atoms in total. The normalized spacial score (nSPS) is 13.1. The van der Waals surface area contributed by atoms with E-state index >= 15 is 0 Å². The molecule has 0 aromatic rings. The molecule has 77 heavy (non-hydrogen) atoms. The SMILES string of the molecule is CCCCCCCCCCCCCCCCCCCCCCCCC/C=C/C(O)C(CO)NC(=O)C(O)CCCCCCCCCCCCCCCCCCCCCCCCCCCCCCCCCCCCCCCC. The number of aliphatic hydroxyl groups is 3. The maximum Gasteiger partial charge on any atom is 0.249 e. The Bertz CT molecular complexity index is 1110. The van der Waals surface area contributed by atoms with Gasteiger partial charge < -0.3 is 20.6 Å². The van der Waals surface area contributed by atoms with Crippen molar-refractivity contribution in [2.24, 2.45) is 0 Å². The molecule has 460 valence electrons. The van der Waals surface area contributed by atoms with Gasteiger partial charge in [-0.15, -0.1) is 0 Å². The number of aliphatic hydroxyl groups excluding tert-OH is 3. The summed E-state index contributed by atoms with van der Waals surface area (Å²) in [5, 5.41) is 33.6. The van der Waals surface area contributed by atoms with Gasteiger partial charge in [-0.2, -0.15) is 0 Å². The minimum absolute atomic E-state index is 0.358. The molecule has 0 radical (unpaired) electrons. The molecule has 1 amide bonds. The van der Waals surface area contributed by atoms with E-state index < -0.39 is 24.2 Å². The third kappa shape index (κ3) is 62.5. The van der Waals surface area contributed by atoms with Crippen LogP contribution in [0.4, 0.5) is 0 Å². The topological polar surface area (TPSA) is 89.8 Å². The van der Waals surface area contributed by atoms with Crippen LogP contribution in [0.1, 0.15) is 418 Å². The van der Waals surface area contributed by atoms with E-state index in [0.717, 1.165) is 32.1 Å². The third-order valence-corrected chi connectivity index (χ3v) is 17.4. The van der Waals surface area contributed by atoms with E-state index in [0.29, 0.717) is 6.42 Å². The first-order valence-electron chi connectivity index (χ1n) is 36.0. The van der Waals surface area contributed by atoms with Crippen molar-refractivity contribution in [2.75, 3.05) is 6.61 Å². The van der Waals surface area contributed by atoms with Crippen molar-refractivity contribution >= 4 is 5.91 Å². The highest BCUT2D eigenvalue weighted by molar-refractivity contribution is 5.80. The average Bonchev–Trinajstić information content (AvgIpc) is 3.43. The Hall–Kier alpha value is -0.910. The van der Waals surface area contributed by atoms with Gasteiger partial charge in [-0.1, -0.05) is 411 Å². The Morgan fingerprint density at radius 2 is 0.506 bits per heavy atom. The van der Waals surface area contributed by atoms with Crippen LogP contribution >= 0.6 is 0 Å². The highest BCUT2D eigenvalue weighted by Gasteiger charge is 2.22. The smallest absolute Gasteiger partial charge is 0.249 e. The van der Waals surface area contributed by atoms with Gasteiger partial charge >= 0.3 is 0 Å². The second-order valence-corrected chi connectivity index (χ2v) is 25.2. The summed E-state index contributed by atoms with van der Waals surface area (Å²) in [6.07, 6.45) is 88.0. The third-order valence-electron chi connectivity index (χ3n) is 17.4. The first-order chi connectivity index (χ1) is 38.1. The van der Waals surface area contributed by atoms with E-state index in [-0.39, 0.29) is 6.61 Å². The Balaban J connectivity index is 3.44. The van der Waals surface area contributed by atoms with Crippen LogP contribution in [0.25, 0.3) is 0 Å². The molecule has 0 spiro atoms. The Morgan fingerprint density at radius 1 is 0.312 bits per heavy atom. The second-order valence-electron chi connectivity index (χ2n) is 25.2. The molecule has 0 fully saturated rings. The molecule has 0 rings (SSSR count). The minimum atomic E-state index is -1.10. The molecular weight excluding hydrogens is 943 g/mol. The fourth-order valence-corrected chi connectivity index (χ4v) is 11.8. The molecule has 5 heteroatoms. The Morgan fingerprint density at radius 3 is 0.714 bits per heavy atom. The number of carbonyl (C=O) groups excluding carboxylic acids is 1. The van der Waals surface area contributed by atoms with Gasteiger partial charge in [-0.25, -0.2) is 0 Å². The highest BCUT2D eigenvalue weighted by atomic mass is 16.3. The van der Waals surface area contributed by atoms with E-state index in [2.05, 4.69) is 19.2 Å². The number of nitrogens with one attached hydrogen (secondary N) is 1. The van der Waals surface area contributed by atoms with Crippen molar-refractivity contribution in [3.63, 3.8) is 0 Å². The van der Waals surface area contributed by atoms with Gasteiger partial charge in [0.2, 0.25) is 5.91 Å². The summed E-state index contributed by atoms with van der Waals surface area (Å²) in [7, 11) is 0. The number of rotatable bonds is 68. The lowest BCUT2D eigenvalue weighted by molar-refractivity contribution is -0.131. The second kappa shape index (κ2) is 67.6. The fourth-order valence-electron chi connectivity index (χ4n) is 11.8. The number of allylic oxidation sites excluding steroid dienone is 1. The van der Waals surface area contributed by atoms with Crippen LogP contribution < -0.4 is 5.32 Å². The van der Waals surface area contributed by atoms with Gasteiger partial charge in [0.25, 0.3) is 0 Å². The molecular formula is C72H143NO4. The number of unbranched alkanes of at least 4 members (excludes halogenated alkanes) is 60. The summed E-state index contributed by atoms with van der Waals surface area (Å²) in [4.78, 5) is 12.6. The zero-order chi connectivity index (χ0) is 55.7. The standard InChI is InChI=1S/C72H143NO4/c1-3-5-7-9-11-13-15-17-19-21-23-25-27-29-30-31-32-33-34-35-36-37-38-39-40-41-43-45-47-49-51-53-55-57-59-61-63-65-67-71(76)72(77)73-69(68-74)70(75)66-64-62-60-58-56-54-52-50-48-46-44-42-28-26-24-22-20-18-16-14-12-10-8-6-4-2/h64,66,69-71,74-76H,3-63,65,67-68H2,1-2H3,(H,73,77)/b66-64+. The zero-order valence-electron chi connectivity index (χ0n) is 52.9. The summed E-state index contributed by atoms with van der Waals surface area (Å²) in [6.45, 7) is 4.24. The van der Waals surface area contributed by atoms with Crippen molar-refractivity contribution in [3.8, 4) is 0 Å². The molecule has 0 saturated heterocycles. The van der Waals surface area contributed by atoms with Crippen molar-refractivity contribution in [1.82, 2.24) is 5.32 Å². The lowest BCUT2D eigenvalue weighted by atomic mass is 10.0. The van der Waals surface area contributed by atoms with Crippen LogP contribution in [0.15, 0.2) is 12.2 Å². The maximum absolute atomic E-state index is 12.6. The monoisotopic (exact) mass is 1090 g/mol. The molecule has 0 heterocycles. The first kappa shape index (κ1) is 76.1. The summed E-state index contributed by atoms with van der Waals surface area (Å²) >= 11 is 0. The number of hydrogen-bond donors (Lipinski definition) is 4. The Labute approximate surface area is 484 Å². The van der Waals surface area contributed by atoms with E-state index in [4.69, 9.17) is 0 Å². The van der Waals surface area contributed by atoms with Crippen LogP contribution in [0.2, 0.25) is 0 Å². The predicted molar refractivity (Wildman–Crippen MR) is 342 cm³/mol. The summed E-state index contributed by atoms with van der Waals surface area (Å²) < 4.78 is 0. The molecule has 0 aliphatic carbocycles. The van der Waals surface area contributed by atoms with E-state index in [9.17, 15) is 20.1 Å². The van der Waals surface area contributed by atoms with Crippen molar-refractivity contribution in [2.45, 2.75) is 437 Å². The largest absolute Gasteiger partial charge is 0.394 e. The summed E-state index contributed by atoms with van der Waals surface area (Å²) in [5.41, 5.74) is 0. The van der Waals surface area contributed by atoms with Crippen LogP contribution in [-0.4, -0.2) is 46.1 Å². The fraction of sp³-hybridized carbons (Fsp3) is 0.958. The van der Waals surface area contributed by atoms with Gasteiger partial charge in [0.15, 0.2) is 0 Å². The average molecular weight is 1090 g/mol. The van der Waals surface area contributed by atoms with Gasteiger partial charge in [-0.05, 0) is 19.3 Å². The maximum atomic E-state index is 12.6. The molecule has 0 bridgehead atoms. The molecule has 0 aromatic heterocycles. The van der Waals surface area contributed by atoms with Gasteiger partial charge in [0.05, 0.1) is 18.8 Å². The predicted octanol–water partition coefficient (Wildman–Crippen LogP) is 23.4. The molecule has 0 aromatic carbocycles. The minimum Gasteiger partial charge on any atom is -0.394 e. The van der Waals surface area contributed by atoms with Crippen LogP contribution in [0.5, 0.6) is 0 Å². The zero-order valence-corrected chi connectivity index (χ0v) is 52.9. The number of carbonyl (C=O) groups is 1. The van der Waals surface area contributed by atoms with E-state index in [1.165, 1.54) is 366 Å². The molecule has 4 N–H and O–H groups in total. The number of amides is 1. The van der Waals surface area contributed by atoms with Gasteiger partial charge in [-0.3, -0.25) is 4.79 Å².